The molecule has 1 aliphatic rings. The zero-order valence-electron chi connectivity index (χ0n) is 18.9. The van der Waals surface area contributed by atoms with E-state index >= 15 is 0 Å². The van der Waals surface area contributed by atoms with E-state index in [0.29, 0.717) is 32.7 Å². The molecule has 0 aliphatic carbocycles. The van der Waals surface area contributed by atoms with Gasteiger partial charge in [-0.15, -0.1) is 0 Å². The number of hydrogen-bond donors (Lipinski definition) is 0. The summed E-state index contributed by atoms with van der Waals surface area (Å²) < 4.78 is 16.8. The number of carbonyl (C=O) groups is 2. The van der Waals surface area contributed by atoms with Crippen LogP contribution < -0.4 is 0 Å². The van der Waals surface area contributed by atoms with Gasteiger partial charge >= 0.3 is 0 Å². The molecular formula is C26H30N2O5. The molecule has 33 heavy (non-hydrogen) atoms. The van der Waals surface area contributed by atoms with E-state index in [4.69, 9.17) is 13.6 Å². The number of aryl methyl sites for hydroxylation is 1. The molecule has 7 nitrogen and oxygen atoms in total. The zero-order chi connectivity index (χ0) is 23.0. The van der Waals surface area contributed by atoms with Crippen molar-refractivity contribution in [3.05, 3.63) is 83.7 Å². The molecule has 174 valence electrons. The van der Waals surface area contributed by atoms with Crippen molar-refractivity contribution in [2.45, 2.75) is 38.8 Å². The fourth-order valence-corrected chi connectivity index (χ4v) is 4.03. The molecule has 1 saturated heterocycles. The molecule has 1 aliphatic heterocycles. The van der Waals surface area contributed by atoms with Crippen molar-refractivity contribution in [1.29, 1.82) is 0 Å². The number of furan rings is 2. The van der Waals surface area contributed by atoms with Crippen molar-refractivity contribution in [2.75, 3.05) is 26.2 Å². The van der Waals surface area contributed by atoms with Gasteiger partial charge in [-0.3, -0.25) is 9.59 Å². The van der Waals surface area contributed by atoms with Crippen LogP contribution in [0.4, 0.5) is 0 Å². The normalized spacial score (nSPS) is 15.5. The van der Waals surface area contributed by atoms with E-state index in [9.17, 15) is 9.59 Å². The van der Waals surface area contributed by atoms with Crippen molar-refractivity contribution in [2.24, 2.45) is 0 Å². The highest BCUT2D eigenvalue weighted by atomic mass is 16.5. The molecule has 0 spiro atoms. The molecule has 3 aromatic rings. The van der Waals surface area contributed by atoms with Gasteiger partial charge in [-0.2, -0.15) is 0 Å². The summed E-state index contributed by atoms with van der Waals surface area (Å²) in [4.78, 5) is 29.8. The number of carbonyl (C=O) groups excluding carboxylic acids is 2. The fraction of sp³-hybridized carbons (Fsp3) is 0.385. The van der Waals surface area contributed by atoms with Crippen molar-refractivity contribution in [1.82, 2.24) is 9.80 Å². The molecule has 1 atom stereocenters. The van der Waals surface area contributed by atoms with Crippen LogP contribution in [0.15, 0.2) is 69.7 Å². The Morgan fingerprint density at radius 2 is 1.88 bits per heavy atom. The Morgan fingerprint density at radius 1 is 1.03 bits per heavy atom. The van der Waals surface area contributed by atoms with Gasteiger partial charge in [0, 0.05) is 19.7 Å². The Bertz CT molecular complexity index is 1020. The summed E-state index contributed by atoms with van der Waals surface area (Å²) in [5.74, 6) is 1.29. The van der Waals surface area contributed by atoms with Gasteiger partial charge < -0.3 is 23.4 Å². The lowest BCUT2D eigenvalue weighted by molar-refractivity contribution is -0.133. The van der Waals surface area contributed by atoms with E-state index in [1.807, 2.05) is 49.4 Å². The Kier molecular flexibility index (Phi) is 7.62. The maximum atomic E-state index is 13.5. The van der Waals surface area contributed by atoms with Crippen LogP contribution in [0.1, 0.15) is 40.5 Å². The topological polar surface area (TPSA) is 76.1 Å². The largest absolute Gasteiger partial charge is 0.464 e. The number of benzene rings is 1. The van der Waals surface area contributed by atoms with Gasteiger partial charge in [0.1, 0.15) is 18.1 Å². The fourth-order valence-electron chi connectivity index (χ4n) is 4.03. The Hall–Kier alpha value is -3.32. The molecule has 0 radical (unpaired) electrons. The van der Waals surface area contributed by atoms with Gasteiger partial charge in [-0.1, -0.05) is 30.3 Å². The van der Waals surface area contributed by atoms with Gasteiger partial charge in [0.05, 0.1) is 18.9 Å². The van der Waals surface area contributed by atoms with Gasteiger partial charge in [0.25, 0.3) is 5.91 Å². The predicted octanol–water partition coefficient (Wildman–Crippen LogP) is 4.07. The van der Waals surface area contributed by atoms with Crippen LogP contribution in [0, 0.1) is 6.92 Å². The highest BCUT2D eigenvalue weighted by molar-refractivity contribution is 5.94. The van der Waals surface area contributed by atoms with Crippen LogP contribution in [0.2, 0.25) is 0 Å². The first-order chi connectivity index (χ1) is 16.1. The number of ether oxygens (including phenoxy) is 1. The summed E-state index contributed by atoms with van der Waals surface area (Å²) in [6.45, 7) is 3.74. The molecule has 0 saturated carbocycles. The third-order valence-corrected chi connectivity index (χ3v) is 5.80. The minimum Gasteiger partial charge on any atom is -0.464 e. The average molecular weight is 451 g/mol. The number of nitrogens with zero attached hydrogens (tertiary/aromatic N) is 2. The van der Waals surface area contributed by atoms with Crippen molar-refractivity contribution in [3.8, 4) is 0 Å². The lowest BCUT2D eigenvalue weighted by Crippen LogP contribution is -2.45. The second-order valence-electron chi connectivity index (χ2n) is 8.36. The third-order valence-electron chi connectivity index (χ3n) is 5.80. The van der Waals surface area contributed by atoms with Crippen LogP contribution in [0.5, 0.6) is 0 Å². The highest BCUT2D eigenvalue weighted by Crippen LogP contribution is 2.17. The van der Waals surface area contributed by atoms with Crippen LogP contribution >= 0.6 is 0 Å². The first-order valence-corrected chi connectivity index (χ1v) is 11.4. The van der Waals surface area contributed by atoms with E-state index < -0.39 is 0 Å². The summed E-state index contributed by atoms with van der Waals surface area (Å²) in [5, 5.41) is 0. The van der Waals surface area contributed by atoms with E-state index in [-0.39, 0.29) is 30.2 Å². The summed E-state index contributed by atoms with van der Waals surface area (Å²) in [5.41, 5.74) is 1.15. The van der Waals surface area contributed by atoms with Gasteiger partial charge in [0.2, 0.25) is 5.91 Å². The SMILES string of the molecule is Cc1ccc(CN(CCc2ccccc2)C(=O)CN(C[C@H]2CCCO2)C(=O)c2ccco2)o1. The second kappa shape index (κ2) is 11.0. The number of amides is 2. The summed E-state index contributed by atoms with van der Waals surface area (Å²) in [6, 6.07) is 17.1. The summed E-state index contributed by atoms with van der Waals surface area (Å²) in [7, 11) is 0. The van der Waals surface area contributed by atoms with Crippen LogP contribution in [0.3, 0.4) is 0 Å². The van der Waals surface area contributed by atoms with Crippen molar-refractivity contribution < 1.29 is 23.2 Å². The minimum atomic E-state index is -0.305. The maximum Gasteiger partial charge on any atom is 0.290 e. The zero-order valence-corrected chi connectivity index (χ0v) is 18.9. The molecule has 0 N–H and O–H groups in total. The Labute approximate surface area is 193 Å². The van der Waals surface area contributed by atoms with Crippen molar-refractivity contribution >= 4 is 11.8 Å². The first kappa shape index (κ1) is 22.9. The molecule has 4 rings (SSSR count). The predicted molar refractivity (Wildman–Crippen MR) is 123 cm³/mol. The number of hydrogen-bond acceptors (Lipinski definition) is 5. The average Bonchev–Trinajstić information content (AvgIpc) is 3.60. The van der Waals surface area contributed by atoms with E-state index in [2.05, 4.69) is 0 Å². The molecule has 0 unspecified atom stereocenters. The summed E-state index contributed by atoms with van der Waals surface area (Å²) in [6.07, 6.45) is 3.94. The molecule has 2 aromatic heterocycles. The monoisotopic (exact) mass is 450 g/mol. The minimum absolute atomic E-state index is 0.0477. The van der Waals surface area contributed by atoms with Gasteiger partial charge in [-0.05, 0) is 56.0 Å². The number of rotatable bonds is 10. The maximum absolute atomic E-state index is 13.5. The summed E-state index contributed by atoms with van der Waals surface area (Å²) >= 11 is 0. The standard InChI is InChI=1S/C26H30N2O5/c1-20-11-12-23(33-20)18-27(14-13-21-7-3-2-4-8-21)25(29)19-28(17-22-9-5-15-31-22)26(30)24-10-6-16-32-24/h2-4,6-8,10-12,16,22H,5,9,13-15,17-19H2,1H3/t22-/m1/s1. The lowest BCUT2D eigenvalue weighted by atomic mass is 10.1. The van der Waals surface area contributed by atoms with Crippen molar-refractivity contribution in [3.63, 3.8) is 0 Å². The van der Waals surface area contributed by atoms with Crippen LogP contribution in [-0.2, 0) is 22.5 Å². The van der Waals surface area contributed by atoms with Crippen LogP contribution in [0.25, 0.3) is 0 Å². The van der Waals surface area contributed by atoms with Gasteiger partial charge in [-0.25, -0.2) is 0 Å². The highest BCUT2D eigenvalue weighted by Gasteiger charge is 2.28. The molecular weight excluding hydrogens is 420 g/mol. The quantitative estimate of drug-likeness (QED) is 0.465. The Morgan fingerprint density at radius 3 is 2.55 bits per heavy atom. The van der Waals surface area contributed by atoms with E-state index in [1.54, 1.807) is 21.9 Å². The molecule has 7 heteroatoms. The van der Waals surface area contributed by atoms with Gasteiger partial charge in [0.15, 0.2) is 5.76 Å². The molecule has 3 heterocycles. The lowest BCUT2D eigenvalue weighted by Gasteiger charge is -2.28. The van der Waals surface area contributed by atoms with Crippen LogP contribution in [-0.4, -0.2) is 54.0 Å². The smallest absolute Gasteiger partial charge is 0.290 e. The third kappa shape index (κ3) is 6.35. The van der Waals surface area contributed by atoms with E-state index in [1.165, 1.54) is 6.26 Å². The van der Waals surface area contributed by atoms with E-state index in [0.717, 1.165) is 29.9 Å². The molecule has 0 bridgehead atoms. The Balaban J connectivity index is 1.49. The molecule has 1 fully saturated rings. The molecule has 2 amide bonds. The first-order valence-electron chi connectivity index (χ1n) is 11.4. The second-order valence-corrected chi connectivity index (χ2v) is 8.36. The molecule has 1 aromatic carbocycles.